The van der Waals surface area contributed by atoms with Crippen molar-refractivity contribution in [2.45, 2.75) is 19.6 Å². The summed E-state index contributed by atoms with van der Waals surface area (Å²) in [7, 11) is 1.11. The molecule has 1 unspecified atom stereocenters. The molecule has 2 aromatic carbocycles. The summed E-state index contributed by atoms with van der Waals surface area (Å²) in [5.41, 5.74) is 0.950. The molecular weight excluding hydrogens is 418 g/mol. The van der Waals surface area contributed by atoms with E-state index in [0.29, 0.717) is 10.0 Å². The van der Waals surface area contributed by atoms with E-state index < -0.39 is 42.4 Å². The third kappa shape index (κ3) is 4.59. The summed E-state index contributed by atoms with van der Waals surface area (Å²) in [6, 6.07) is 13.7. The van der Waals surface area contributed by atoms with Crippen molar-refractivity contribution in [1.29, 1.82) is 0 Å². The van der Waals surface area contributed by atoms with E-state index in [4.69, 9.17) is 4.74 Å². The van der Waals surface area contributed by atoms with Crippen LogP contribution in [0.25, 0.3) is 0 Å². The van der Waals surface area contributed by atoms with Crippen molar-refractivity contribution in [2.75, 3.05) is 13.7 Å². The summed E-state index contributed by atoms with van der Waals surface area (Å²) in [6.45, 7) is 0.672. The summed E-state index contributed by atoms with van der Waals surface area (Å²) in [5, 5.41) is 3.54. The first-order chi connectivity index (χ1) is 15.3. The molecule has 1 aliphatic heterocycles. The summed E-state index contributed by atoms with van der Waals surface area (Å²) >= 11 is 0. The quantitative estimate of drug-likeness (QED) is 0.513. The number of fused-ring (bicyclic) bond motifs is 1. The van der Waals surface area contributed by atoms with E-state index in [2.05, 4.69) is 10.1 Å². The molecule has 0 radical (unpaired) electrons. The fourth-order valence-corrected chi connectivity index (χ4v) is 3.15. The number of hydrogen-bond donors (Lipinski definition) is 1. The minimum atomic E-state index is -1.31. The van der Waals surface area contributed by atoms with E-state index >= 15 is 0 Å². The van der Waals surface area contributed by atoms with E-state index in [1.807, 2.05) is 6.07 Å². The molecule has 0 fully saturated rings. The number of amides is 4. The minimum Gasteiger partial charge on any atom is -0.467 e. The molecule has 10 heteroatoms. The highest BCUT2D eigenvalue weighted by atomic mass is 16.5. The molecule has 0 aliphatic carbocycles. The monoisotopic (exact) mass is 439 g/mol. The van der Waals surface area contributed by atoms with E-state index in [1.165, 1.54) is 19.1 Å². The summed E-state index contributed by atoms with van der Waals surface area (Å²) in [5.74, 6) is -3.25. The number of hydrazine groups is 1. The average molecular weight is 439 g/mol. The smallest absolute Gasteiger partial charge is 0.407 e. The molecule has 1 aliphatic rings. The fourth-order valence-electron chi connectivity index (χ4n) is 3.15. The van der Waals surface area contributed by atoms with Crippen LogP contribution >= 0.6 is 0 Å². The maximum Gasteiger partial charge on any atom is 0.407 e. The Hall–Kier alpha value is -4.21. The number of ether oxygens (including phenoxy) is 2. The van der Waals surface area contributed by atoms with Crippen molar-refractivity contribution in [3.8, 4) is 0 Å². The van der Waals surface area contributed by atoms with Crippen LogP contribution in [0.4, 0.5) is 4.79 Å². The van der Waals surface area contributed by atoms with Crippen molar-refractivity contribution in [3.63, 3.8) is 0 Å². The maximum atomic E-state index is 12.9. The normalized spacial score (nSPS) is 13.2. The predicted octanol–water partition coefficient (Wildman–Crippen LogP) is 1.51. The molecule has 1 N–H and O–H groups in total. The van der Waals surface area contributed by atoms with Gasteiger partial charge in [-0.3, -0.25) is 14.4 Å². The molecule has 166 valence electrons. The zero-order valence-corrected chi connectivity index (χ0v) is 17.4. The van der Waals surface area contributed by atoms with E-state index in [1.54, 1.807) is 36.4 Å². The highest BCUT2D eigenvalue weighted by molar-refractivity contribution is 6.21. The molecule has 0 saturated carbocycles. The van der Waals surface area contributed by atoms with Gasteiger partial charge < -0.3 is 14.8 Å². The van der Waals surface area contributed by atoms with Gasteiger partial charge in [0.15, 0.2) is 0 Å². The summed E-state index contributed by atoms with van der Waals surface area (Å²) < 4.78 is 9.72. The van der Waals surface area contributed by atoms with E-state index in [0.717, 1.165) is 12.7 Å². The van der Waals surface area contributed by atoms with Gasteiger partial charge in [0.1, 0.15) is 19.2 Å². The molecule has 0 spiro atoms. The van der Waals surface area contributed by atoms with Crippen molar-refractivity contribution in [3.05, 3.63) is 71.3 Å². The Kier molecular flexibility index (Phi) is 6.83. The van der Waals surface area contributed by atoms with Crippen molar-refractivity contribution < 1.29 is 33.4 Å². The topological polar surface area (TPSA) is 122 Å². The first-order valence-electron chi connectivity index (χ1n) is 9.67. The predicted molar refractivity (Wildman–Crippen MR) is 110 cm³/mol. The second-order valence-corrected chi connectivity index (χ2v) is 6.82. The molecule has 0 saturated heterocycles. The third-order valence-corrected chi connectivity index (χ3v) is 4.75. The molecule has 0 bridgehead atoms. The first-order valence-corrected chi connectivity index (χ1v) is 9.67. The Labute approximate surface area is 183 Å². The molecule has 4 amide bonds. The van der Waals surface area contributed by atoms with Crippen LogP contribution in [0.1, 0.15) is 33.2 Å². The second-order valence-electron chi connectivity index (χ2n) is 6.82. The average Bonchev–Trinajstić information content (AvgIpc) is 3.07. The van der Waals surface area contributed by atoms with Gasteiger partial charge in [0.2, 0.25) is 0 Å². The molecule has 1 heterocycles. The van der Waals surface area contributed by atoms with Crippen LogP contribution in [0.5, 0.6) is 0 Å². The Bertz CT molecular complexity index is 1020. The number of rotatable bonds is 7. The SMILES string of the molecule is COC(=O)C(C)N(C(=O)CNC(=O)OCc1ccccc1)N1C(=O)c2ccccc2C1=O. The van der Waals surface area contributed by atoms with Gasteiger partial charge in [-0.05, 0) is 24.6 Å². The van der Waals surface area contributed by atoms with Gasteiger partial charge in [-0.2, -0.15) is 5.01 Å². The van der Waals surface area contributed by atoms with Gasteiger partial charge in [-0.1, -0.05) is 42.5 Å². The Morgan fingerprint density at radius 2 is 1.53 bits per heavy atom. The van der Waals surface area contributed by atoms with Crippen molar-refractivity contribution in [1.82, 2.24) is 15.3 Å². The number of alkyl carbamates (subject to hydrolysis) is 1. The van der Waals surface area contributed by atoms with Gasteiger partial charge in [0.05, 0.1) is 18.2 Å². The largest absolute Gasteiger partial charge is 0.467 e. The molecule has 32 heavy (non-hydrogen) atoms. The van der Waals surface area contributed by atoms with E-state index in [-0.39, 0.29) is 17.7 Å². The number of nitrogens with one attached hydrogen (secondary N) is 1. The molecule has 10 nitrogen and oxygen atoms in total. The van der Waals surface area contributed by atoms with Crippen molar-refractivity contribution >= 4 is 29.8 Å². The maximum absolute atomic E-state index is 12.9. The molecule has 0 aromatic heterocycles. The van der Waals surface area contributed by atoms with Gasteiger partial charge >= 0.3 is 12.1 Å². The number of hydrogen-bond acceptors (Lipinski definition) is 7. The number of carbonyl (C=O) groups excluding carboxylic acids is 5. The highest BCUT2D eigenvalue weighted by Crippen LogP contribution is 2.25. The number of nitrogens with zero attached hydrogens (tertiary/aromatic N) is 2. The minimum absolute atomic E-state index is 0.0124. The zero-order chi connectivity index (χ0) is 23.3. The standard InChI is InChI=1S/C22H21N3O7/c1-14(21(29)31-2)24(25-19(27)16-10-6-7-11-17(16)20(25)28)18(26)12-23-22(30)32-13-15-8-4-3-5-9-15/h3-11,14H,12-13H2,1-2H3,(H,23,30). The van der Waals surface area contributed by atoms with Crippen molar-refractivity contribution in [2.24, 2.45) is 0 Å². The highest BCUT2D eigenvalue weighted by Gasteiger charge is 2.44. The third-order valence-electron chi connectivity index (χ3n) is 4.75. The molecule has 2 aromatic rings. The van der Waals surface area contributed by atoms with Crippen LogP contribution in [0.15, 0.2) is 54.6 Å². The number of imide groups is 1. The number of benzene rings is 2. The van der Waals surface area contributed by atoms with Crippen LogP contribution in [-0.4, -0.2) is 59.5 Å². The number of methoxy groups -OCH3 is 1. The summed E-state index contributed by atoms with van der Waals surface area (Å²) in [6.07, 6.45) is -0.879. The fraction of sp³-hybridized carbons (Fsp3) is 0.227. The Morgan fingerprint density at radius 3 is 2.09 bits per heavy atom. The first kappa shape index (κ1) is 22.5. The van der Waals surface area contributed by atoms with Gasteiger partial charge in [0.25, 0.3) is 17.7 Å². The Balaban J connectivity index is 1.72. The Morgan fingerprint density at radius 1 is 0.969 bits per heavy atom. The zero-order valence-electron chi connectivity index (χ0n) is 17.4. The lowest BCUT2D eigenvalue weighted by Crippen LogP contribution is -2.58. The van der Waals surface area contributed by atoms with Crippen LogP contribution < -0.4 is 5.32 Å². The number of carbonyl (C=O) groups is 5. The van der Waals surface area contributed by atoms with E-state index in [9.17, 15) is 24.0 Å². The van der Waals surface area contributed by atoms with Gasteiger partial charge in [-0.15, -0.1) is 0 Å². The van der Waals surface area contributed by atoms with Gasteiger partial charge in [-0.25, -0.2) is 14.6 Å². The molecular formula is C22H21N3O7. The lowest BCUT2D eigenvalue weighted by Gasteiger charge is -2.33. The summed E-state index contributed by atoms with van der Waals surface area (Å²) in [4.78, 5) is 62.7. The van der Waals surface area contributed by atoms with Crippen LogP contribution in [0.3, 0.4) is 0 Å². The molecule has 1 atom stereocenters. The lowest BCUT2D eigenvalue weighted by atomic mass is 10.1. The number of esters is 1. The van der Waals surface area contributed by atoms with Crippen LogP contribution in [0.2, 0.25) is 0 Å². The van der Waals surface area contributed by atoms with Crippen LogP contribution in [-0.2, 0) is 25.7 Å². The van der Waals surface area contributed by atoms with Crippen LogP contribution in [0, 0.1) is 0 Å². The lowest BCUT2D eigenvalue weighted by molar-refractivity contribution is -0.160. The van der Waals surface area contributed by atoms with Gasteiger partial charge in [0, 0.05) is 0 Å². The molecule has 3 rings (SSSR count). The second kappa shape index (κ2) is 9.73.